The number of nitrogens with zero attached hydrogens (tertiary/aromatic N) is 4. The van der Waals surface area contributed by atoms with Gasteiger partial charge < -0.3 is 4.90 Å². The van der Waals surface area contributed by atoms with Gasteiger partial charge in [0.25, 0.3) is 0 Å². The maximum atomic E-state index is 13.7. The highest BCUT2D eigenvalue weighted by Crippen LogP contribution is 2.30. The predicted octanol–water partition coefficient (Wildman–Crippen LogP) is 4.38. The van der Waals surface area contributed by atoms with Crippen molar-refractivity contribution in [2.75, 3.05) is 18.0 Å². The minimum Gasteiger partial charge on any atom is -0.348 e. The minimum atomic E-state index is -3.47. The van der Waals surface area contributed by atoms with E-state index < -0.39 is 20.9 Å². The van der Waals surface area contributed by atoms with E-state index in [0.29, 0.717) is 43.9 Å². The molecule has 1 aromatic carbocycles. The summed E-state index contributed by atoms with van der Waals surface area (Å²) in [6.07, 6.45) is 2.98. The third-order valence-corrected chi connectivity index (χ3v) is 9.04. The van der Waals surface area contributed by atoms with Crippen molar-refractivity contribution in [2.24, 2.45) is 0 Å². The lowest BCUT2D eigenvalue weighted by atomic mass is 10.1. The molecule has 31 heavy (non-hydrogen) atoms. The number of aryl methyl sites for hydroxylation is 2. The number of aromatic nitrogens is 3. The van der Waals surface area contributed by atoms with Gasteiger partial charge >= 0.3 is 0 Å². The number of piperidine rings is 1. The number of halogens is 2. The Labute approximate surface area is 190 Å². The van der Waals surface area contributed by atoms with E-state index in [1.807, 2.05) is 5.38 Å². The Hall–Kier alpha value is -2.10. The zero-order valence-corrected chi connectivity index (χ0v) is 19.6. The molecular formula is C21H22ClFN4O2S2. The summed E-state index contributed by atoms with van der Waals surface area (Å²) < 4.78 is 39.8. The molecule has 6 nitrogen and oxygen atoms in total. The molecule has 0 amide bonds. The molecule has 0 aliphatic carbocycles. The first-order valence-corrected chi connectivity index (χ1v) is 12.7. The van der Waals surface area contributed by atoms with E-state index in [4.69, 9.17) is 11.6 Å². The van der Waals surface area contributed by atoms with Gasteiger partial charge in [-0.2, -0.15) is 0 Å². The fraction of sp³-hybridized carbons (Fsp3) is 0.381. The summed E-state index contributed by atoms with van der Waals surface area (Å²) in [5.74, 6) is 0.124. The van der Waals surface area contributed by atoms with Gasteiger partial charge in [-0.1, -0.05) is 17.7 Å². The molecule has 1 aliphatic rings. The van der Waals surface area contributed by atoms with E-state index >= 15 is 0 Å². The second-order valence-corrected chi connectivity index (χ2v) is 11.1. The number of rotatable bonds is 5. The van der Waals surface area contributed by atoms with Gasteiger partial charge in [0.05, 0.1) is 21.7 Å². The van der Waals surface area contributed by atoms with Crippen LogP contribution in [0.1, 0.15) is 35.6 Å². The number of hydrogen-bond donors (Lipinski definition) is 0. The summed E-state index contributed by atoms with van der Waals surface area (Å²) in [6.45, 7) is 4.67. The summed E-state index contributed by atoms with van der Waals surface area (Å²) in [4.78, 5) is 15.3. The van der Waals surface area contributed by atoms with Crippen LogP contribution in [-0.2, 0) is 16.3 Å². The molecular weight excluding hydrogens is 459 g/mol. The van der Waals surface area contributed by atoms with Crippen LogP contribution in [0, 0.1) is 19.7 Å². The first-order chi connectivity index (χ1) is 14.7. The molecule has 0 radical (unpaired) electrons. The third kappa shape index (κ3) is 4.73. The summed E-state index contributed by atoms with van der Waals surface area (Å²) in [5, 5.41) is 2.46. The van der Waals surface area contributed by atoms with E-state index in [1.165, 1.54) is 23.6 Å². The Kier molecular flexibility index (Phi) is 6.27. The lowest BCUT2D eigenvalue weighted by Gasteiger charge is -2.31. The van der Waals surface area contributed by atoms with E-state index in [1.54, 1.807) is 26.0 Å². The summed E-state index contributed by atoms with van der Waals surface area (Å²) in [5.41, 5.74) is 2.15. The molecule has 1 fully saturated rings. The number of thiazole rings is 1. The van der Waals surface area contributed by atoms with Gasteiger partial charge in [-0.3, -0.25) is 0 Å². The van der Waals surface area contributed by atoms with Crippen molar-refractivity contribution in [1.29, 1.82) is 0 Å². The smallest absolute Gasteiger partial charge is 0.185 e. The third-order valence-electron chi connectivity index (χ3n) is 5.42. The molecule has 0 N–H and O–H groups in total. The fourth-order valence-electron chi connectivity index (χ4n) is 3.77. The van der Waals surface area contributed by atoms with Crippen molar-refractivity contribution in [1.82, 2.24) is 15.0 Å². The van der Waals surface area contributed by atoms with Crippen LogP contribution in [0.5, 0.6) is 0 Å². The highest BCUT2D eigenvalue weighted by atomic mass is 35.5. The van der Waals surface area contributed by atoms with Crippen LogP contribution in [0.3, 0.4) is 0 Å². The van der Waals surface area contributed by atoms with Crippen molar-refractivity contribution in [3.8, 4) is 0 Å². The number of anilines is 1. The first-order valence-electron chi connectivity index (χ1n) is 9.91. The maximum absolute atomic E-state index is 13.7. The minimum absolute atomic E-state index is 0.105. The molecule has 3 aromatic rings. The Morgan fingerprint density at radius 2 is 1.97 bits per heavy atom. The van der Waals surface area contributed by atoms with Crippen molar-refractivity contribution >= 4 is 37.9 Å². The highest BCUT2D eigenvalue weighted by Gasteiger charge is 2.33. The molecule has 0 spiro atoms. The molecule has 0 unspecified atom stereocenters. The van der Waals surface area contributed by atoms with Gasteiger partial charge in [0.1, 0.15) is 16.5 Å². The Morgan fingerprint density at radius 3 is 2.65 bits per heavy atom. The molecule has 4 rings (SSSR count). The topological polar surface area (TPSA) is 76.1 Å². The van der Waals surface area contributed by atoms with Gasteiger partial charge in [-0.25, -0.2) is 27.8 Å². The molecule has 0 bridgehead atoms. The maximum Gasteiger partial charge on any atom is 0.185 e. The predicted molar refractivity (Wildman–Crippen MR) is 120 cm³/mol. The van der Waals surface area contributed by atoms with Crippen LogP contribution in [0.4, 0.5) is 9.52 Å². The average Bonchev–Trinajstić information content (AvgIpc) is 3.19. The van der Waals surface area contributed by atoms with Gasteiger partial charge in [-0.05, 0) is 44.4 Å². The molecule has 2 aromatic heterocycles. The summed E-state index contributed by atoms with van der Waals surface area (Å²) >= 11 is 7.26. The normalized spacial score (nSPS) is 15.4. The second kappa shape index (κ2) is 8.80. The second-order valence-electron chi connectivity index (χ2n) is 7.64. The summed E-state index contributed by atoms with van der Waals surface area (Å²) in [6, 6.07) is 4.76. The van der Waals surface area contributed by atoms with Crippen LogP contribution in [-0.4, -0.2) is 41.7 Å². The van der Waals surface area contributed by atoms with E-state index in [0.717, 1.165) is 16.4 Å². The van der Waals surface area contributed by atoms with Gasteiger partial charge in [0, 0.05) is 31.1 Å². The van der Waals surface area contributed by atoms with Crippen LogP contribution in [0.25, 0.3) is 0 Å². The molecule has 164 valence electrons. The molecule has 0 atom stereocenters. The van der Waals surface area contributed by atoms with Crippen molar-refractivity contribution in [3.05, 3.63) is 63.4 Å². The lowest BCUT2D eigenvalue weighted by Crippen LogP contribution is -2.39. The Bertz CT molecular complexity index is 1210. The largest absolute Gasteiger partial charge is 0.348 e. The quantitative estimate of drug-likeness (QED) is 0.539. The van der Waals surface area contributed by atoms with Crippen LogP contribution < -0.4 is 4.90 Å². The molecule has 1 saturated heterocycles. The standard InChI is InChI=1S/C21H22ClFN4O2S2/c1-13-20(11-24-14(2)25-13)31(28,29)17-5-7-27(8-6-17)21-26-16(12-30-21)9-15-3-4-18(22)19(23)10-15/h3-4,10-12,17H,5-9H2,1-2H3. The molecule has 3 heterocycles. The zero-order chi connectivity index (χ0) is 22.2. The van der Waals surface area contributed by atoms with Crippen LogP contribution in [0.2, 0.25) is 5.02 Å². The van der Waals surface area contributed by atoms with Crippen LogP contribution in [0.15, 0.2) is 34.7 Å². The van der Waals surface area contributed by atoms with Crippen molar-refractivity contribution < 1.29 is 12.8 Å². The zero-order valence-electron chi connectivity index (χ0n) is 17.2. The monoisotopic (exact) mass is 480 g/mol. The summed E-state index contributed by atoms with van der Waals surface area (Å²) in [7, 11) is -3.47. The number of sulfone groups is 1. The van der Waals surface area contributed by atoms with Gasteiger partial charge in [-0.15, -0.1) is 11.3 Å². The Morgan fingerprint density at radius 1 is 1.23 bits per heavy atom. The molecule has 10 heteroatoms. The van der Waals surface area contributed by atoms with E-state index in [9.17, 15) is 12.8 Å². The van der Waals surface area contributed by atoms with Gasteiger partial charge in [0.15, 0.2) is 15.0 Å². The lowest BCUT2D eigenvalue weighted by molar-refractivity contribution is 0.528. The number of hydrogen-bond acceptors (Lipinski definition) is 7. The molecule has 0 saturated carbocycles. The van der Waals surface area contributed by atoms with Gasteiger partial charge in [0.2, 0.25) is 0 Å². The molecule has 1 aliphatic heterocycles. The van der Waals surface area contributed by atoms with Crippen molar-refractivity contribution in [3.63, 3.8) is 0 Å². The fourth-order valence-corrected chi connectivity index (χ4v) is 6.61. The Balaban J connectivity index is 1.41. The SMILES string of the molecule is Cc1ncc(S(=O)(=O)C2CCN(c3nc(Cc4ccc(Cl)c(F)c4)cs3)CC2)c(C)n1. The van der Waals surface area contributed by atoms with E-state index in [2.05, 4.69) is 19.9 Å². The average molecular weight is 481 g/mol. The number of benzene rings is 1. The van der Waals surface area contributed by atoms with Crippen molar-refractivity contribution in [2.45, 2.75) is 43.3 Å². The van der Waals surface area contributed by atoms with E-state index in [-0.39, 0.29) is 9.92 Å². The first kappa shape index (κ1) is 22.1. The van der Waals surface area contributed by atoms with Crippen LogP contribution >= 0.6 is 22.9 Å². The highest BCUT2D eigenvalue weighted by molar-refractivity contribution is 7.92.